The number of likely N-dealkylation sites (N-methyl/N-ethyl adjacent to an activating group) is 1. The molecule has 84 valence electrons. The van der Waals surface area contributed by atoms with Crippen molar-refractivity contribution >= 4 is 0 Å². The van der Waals surface area contributed by atoms with Gasteiger partial charge in [-0.1, -0.05) is 0 Å². The van der Waals surface area contributed by atoms with Crippen LogP contribution in [-0.4, -0.2) is 55.6 Å². The molecule has 1 aliphatic heterocycles. The predicted molar refractivity (Wildman–Crippen MR) is 61.4 cm³/mol. The zero-order valence-corrected chi connectivity index (χ0v) is 9.71. The van der Waals surface area contributed by atoms with E-state index in [-0.39, 0.29) is 0 Å². The van der Waals surface area contributed by atoms with Gasteiger partial charge >= 0.3 is 0 Å². The second kappa shape index (κ2) is 6.38. The molecule has 0 bridgehead atoms. The molecule has 1 unspecified atom stereocenters. The molecule has 0 spiro atoms. The first-order chi connectivity index (χ1) is 6.74. The van der Waals surface area contributed by atoms with Crippen molar-refractivity contribution in [3.8, 4) is 0 Å². The fourth-order valence-electron chi connectivity index (χ4n) is 2.20. The van der Waals surface area contributed by atoms with E-state index in [1.165, 1.54) is 32.5 Å². The molecule has 1 saturated heterocycles. The number of nitrogens with two attached hydrogens (primary N) is 1. The van der Waals surface area contributed by atoms with Gasteiger partial charge in [0.05, 0.1) is 0 Å². The number of nitrogens with zero attached hydrogens (tertiary/aromatic N) is 2. The van der Waals surface area contributed by atoms with E-state index >= 15 is 0 Å². The lowest BCUT2D eigenvalue weighted by atomic mass is 10.2. The number of likely N-dealkylation sites (tertiary alicyclic amines) is 1. The molecule has 0 aromatic rings. The number of hydrogen-bond donors (Lipinski definition) is 1. The fourth-order valence-corrected chi connectivity index (χ4v) is 2.20. The Morgan fingerprint density at radius 2 is 2.00 bits per heavy atom. The third-order valence-electron chi connectivity index (χ3n) is 3.08. The topological polar surface area (TPSA) is 32.5 Å². The first kappa shape index (κ1) is 12.0. The van der Waals surface area contributed by atoms with Gasteiger partial charge in [0.25, 0.3) is 0 Å². The van der Waals surface area contributed by atoms with E-state index in [0.717, 1.165) is 19.5 Å². The first-order valence-corrected chi connectivity index (χ1v) is 5.86. The van der Waals surface area contributed by atoms with Crippen molar-refractivity contribution in [3.05, 3.63) is 0 Å². The zero-order chi connectivity index (χ0) is 10.4. The standard InChI is InChI=1S/C11H25N3/c1-11(14-8-3-4-9-14)10-13(2)7-5-6-12/h11H,3-10,12H2,1-2H3. The second-order valence-corrected chi connectivity index (χ2v) is 4.50. The Morgan fingerprint density at radius 3 is 2.57 bits per heavy atom. The van der Waals surface area contributed by atoms with E-state index in [2.05, 4.69) is 23.8 Å². The van der Waals surface area contributed by atoms with Gasteiger partial charge < -0.3 is 10.6 Å². The number of hydrogen-bond acceptors (Lipinski definition) is 3. The van der Waals surface area contributed by atoms with Gasteiger partial charge in [0.15, 0.2) is 0 Å². The maximum absolute atomic E-state index is 5.49. The molecule has 0 amide bonds. The first-order valence-electron chi connectivity index (χ1n) is 5.86. The van der Waals surface area contributed by atoms with Crippen LogP contribution in [0.2, 0.25) is 0 Å². The molecule has 0 saturated carbocycles. The predicted octanol–water partition coefficient (Wildman–Crippen LogP) is 0.751. The molecule has 2 N–H and O–H groups in total. The van der Waals surface area contributed by atoms with Gasteiger partial charge in [-0.2, -0.15) is 0 Å². The zero-order valence-electron chi connectivity index (χ0n) is 9.71. The summed E-state index contributed by atoms with van der Waals surface area (Å²) in [5.74, 6) is 0. The van der Waals surface area contributed by atoms with Gasteiger partial charge in [0.2, 0.25) is 0 Å². The summed E-state index contributed by atoms with van der Waals surface area (Å²) in [7, 11) is 2.20. The van der Waals surface area contributed by atoms with Crippen molar-refractivity contribution in [2.45, 2.75) is 32.2 Å². The molecule has 3 nitrogen and oxygen atoms in total. The molecule has 0 aromatic heterocycles. The summed E-state index contributed by atoms with van der Waals surface area (Å²) >= 11 is 0. The molecule has 1 rings (SSSR count). The van der Waals surface area contributed by atoms with Gasteiger partial charge in [-0.25, -0.2) is 0 Å². The Balaban J connectivity index is 2.14. The molecule has 3 heteroatoms. The third kappa shape index (κ3) is 3.95. The smallest absolute Gasteiger partial charge is 0.0194 e. The number of rotatable bonds is 6. The van der Waals surface area contributed by atoms with Crippen LogP contribution in [-0.2, 0) is 0 Å². The maximum atomic E-state index is 5.49. The lowest BCUT2D eigenvalue weighted by Crippen LogP contribution is -2.39. The molecule has 1 fully saturated rings. The SMILES string of the molecule is CC(CN(C)CCCN)N1CCCC1. The molecule has 1 heterocycles. The summed E-state index contributed by atoms with van der Waals surface area (Å²) in [6.07, 6.45) is 3.89. The van der Waals surface area contributed by atoms with E-state index in [9.17, 15) is 0 Å². The average Bonchev–Trinajstić information content (AvgIpc) is 2.67. The summed E-state index contributed by atoms with van der Waals surface area (Å²) in [6, 6.07) is 0.709. The Labute approximate surface area is 88.2 Å². The van der Waals surface area contributed by atoms with Crippen LogP contribution < -0.4 is 5.73 Å². The van der Waals surface area contributed by atoms with Crippen LogP contribution in [0.3, 0.4) is 0 Å². The Bertz CT molecular complexity index is 143. The van der Waals surface area contributed by atoms with Gasteiger partial charge in [-0.15, -0.1) is 0 Å². The normalized spacial score (nSPS) is 20.6. The highest BCUT2D eigenvalue weighted by atomic mass is 15.2. The van der Waals surface area contributed by atoms with Crippen molar-refractivity contribution in [2.24, 2.45) is 5.73 Å². The summed E-state index contributed by atoms with van der Waals surface area (Å²) < 4.78 is 0. The van der Waals surface area contributed by atoms with Crippen molar-refractivity contribution in [2.75, 3.05) is 39.8 Å². The molecular formula is C11H25N3. The van der Waals surface area contributed by atoms with Crippen molar-refractivity contribution in [3.63, 3.8) is 0 Å². The van der Waals surface area contributed by atoms with Gasteiger partial charge in [-0.3, -0.25) is 4.90 Å². The van der Waals surface area contributed by atoms with Crippen molar-refractivity contribution in [1.29, 1.82) is 0 Å². The molecule has 1 aliphatic rings. The quantitative estimate of drug-likeness (QED) is 0.685. The van der Waals surface area contributed by atoms with Crippen LogP contribution in [0.25, 0.3) is 0 Å². The van der Waals surface area contributed by atoms with Crippen LogP contribution in [0, 0.1) is 0 Å². The molecule has 0 aromatic carbocycles. The van der Waals surface area contributed by atoms with Gasteiger partial charge in [0.1, 0.15) is 0 Å². The minimum Gasteiger partial charge on any atom is -0.330 e. The minimum atomic E-state index is 0.709. The highest BCUT2D eigenvalue weighted by Gasteiger charge is 2.18. The van der Waals surface area contributed by atoms with Crippen LogP contribution in [0.4, 0.5) is 0 Å². The fraction of sp³-hybridized carbons (Fsp3) is 1.00. The molecule has 0 aliphatic carbocycles. The summed E-state index contributed by atoms with van der Waals surface area (Å²) in [5.41, 5.74) is 5.49. The van der Waals surface area contributed by atoms with Crippen LogP contribution >= 0.6 is 0 Å². The Hall–Kier alpha value is -0.120. The highest BCUT2D eigenvalue weighted by Crippen LogP contribution is 2.11. The van der Waals surface area contributed by atoms with E-state index < -0.39 is 0 Å². The van der Waals surface area contributed by atoms with E-state index in [0.29, 0.717) is 6.04 Å². The minimum absolute atomic E-state index is 0.709. The Kier molecular flexibility index (Phi) is 5.45. The van der Waals surface area contributed by atoms with Crippen LogP contribution in [0.1, 0.15) is 26.2 Å². The van der Waals surface area contributed by atoms with Crippen molar-refractivity contribution in [1.82, 2.24) is 9.80 Å². The van der Waals surface area contributed by atoms with Crippen LogP contribution in [0.15, 0.2) is 0 Å². The molecule has 1 atom stereocenters. The monoisotopic (exact) mass is 199 g/mol. The molecular weight excluding hydrogens is 174 g/mol. The highest BCUT2D eigenvalue weighted by molar-refractivity contribution is 4.75. The average molecular weight is 199 g/mol. The second-order valence-electron chi connectivity index (χ2n) is 4.50. The van der Waals surface area contributed by atoms with E-state index in [4.69, 9.17) is 5.73 Å². The lowest BCUT2D eigenvalue weighted by molar-refractivity contribution is 0.192. The van der Waals surface area contributed by atoms with Gasteiger partial charge in [0, 0.05) is 12.6 Å². The van der Waals surface area contributed by atoms with E-state index in [1.54, 1.807) is 0 Å². The van der Waals surface area contributed by atoms with Gasteiger partial charge in [-0.05, 0) is 59.4 Å². The summed E-state index contributed by atoms with van der Waals surface area (Å²) in [5, 5.41) is 0. The van der Waals surface area contributed by atoms with E-state index in [1.807, 2.05) is 0 Å². The lowest BCUT2D eigenvalue weighted by Gasteiger charge is -2.28. The molecule has 14 heavy (non-hydrogen) atoms. The third-order valence-corrected chi connectivity index (χ3v) is 3.08. The Morgan fingerprint density at radius 1 is 1.36 bits per heavy atom. The van der Waals surface area contributed by atoms with Crippen molar-refractivity contribution < 1.29 is 0 Å². The summed E-state index contributed by atoms with van der Waals surface area (Å²) in [6.45, 7) is 8.05. The molecule has 0 radical (unpaired) electrons. The maximum Gasteiger partial charge on any atom is 0.0194 e. The largest absolute Gasteiger partial charge is 0.330 e. The summed E-state index contributed by atoms with van der Waals surface area (Å²) in [4.78, 5) is 4.99. The van der Waals surface area contributed by atoms with Crippen LogP contribution in [0.5, 0.6) is 0 Å².